The quantitative estimate of drug-likeness (QED) is 0.886. The molecule has 5 nitrogen and oxygen atoms in total. The molecule has 2 fully saturated rings. The monoisotopic (exact) mass is 328 g/mol. The van der Waals surface area contributed by atoms with Crippen LogP contribution in [0.4, 0.5) is 0 Å². The zero-order valence-corrected chi connectivity index (χ0v) is 14.4. The minimum absolute atomic E-state index is 0.323. The molecule has 2 aliphatic rings. The zero-order valence-electron chi connectivity index (χ0n) is 14.4. The van der Waals surface area contributed by atoms with Crippen molar-refractivity contribution < 1.29 is 4.74 Å². The number of nitrogens with one attached hydrogen (secondary N) is 2. The molecule has 1 aliphatic heterocycles. The van der Waals surface area contributed by atoms with E-state index < -0.39 is 0 Å². The number of hydrogen-bond donors (Lipinski definition) is 2. The fourth-order valence-electron chi connectivity index (χ4n) is 4.46. The molecule has 1 aliphatic carbocycles. The van der Waals surface area contributed by atoms with E-state index in [0.717, 1.165) is 44.9 Å². The van der Waals surface area contributed by atoms with E-state index in [9.17, 15) is 0 Å². The van der Waals surface area contributed by atoms with Crippen LogP contribution in [0.1, 0.15) is 37.7 Å². The van der Waals surface area contributed by atoms with Crippen LogP contribution in [0.3, 0.4) is 0 Å². The Labute approximate surface area is 143 Å². The number of morpholine rings is 1. The number of aromatic nitrogens is 2. The van der Waals surface area contributed by atoms with Crippen LogP contribution in [0.5, 0.6) is 0 Å². The predicted molar refractivity (Wildman–Crippen MR) is 96.0 cm³/mol. The van der Waals surface area contributed by atoms with E-state index in [4.69, 9.17) is 4.74 Å². The summed E-state index contributed by atoms with van der Waals surface area (Å²) < 4.78 is 5.58. The highest BCUT2D eigenvalue weighted by Gasteiger charge is 2.38. The summed E-state index contributed by atoms with van der Waals surface area (Å²) in [7, 11) is 0. The molecule has 0 radical (unpaired) electrons. The molecule has 1 saturated carbocycles. The van der Waals surface area contributed by atoms with Crippen LogP contribution >= 0.6 is 0 Å². The van der Waals surface area contributed by atoms with Crippen LogP contribution < -0.4 is 5.32 Å². The van der Waals surface area contributed by atoms with Crippen LogP contribution in [0.2, 0.25) is 0 Å². The lowest BCUT2D eigenvalue weighted by molar-refractivity contribution is -0.0369. The lowest BCUT2D eigenvalue weighted by Crippen LogP contribution is -2.59. The van der Waals surface area contributed by atoms with Crippen molar-refractivity contribution >= 4 is 10.9 Å². The maximum absolute atomic E-state index is 5.58. The average Bonchev–Trinajstić information content (AvgIpc) is 3.13. The van der Waals surface area contributed by atoms with Crippen LogP contribution in [0, 0.1) is 0 Å². The fraction of sp³-hybridized carbons (Fsp3) is 0.632. The summed E-state index contributed by atoms with van der Waals surface area (Å²) in [6.45, 7) is 5.89. The molecule has 1 aromatic heterocycles. The minimum atomic E-state index is 0.323. The largest absolute Gasteiger partial charge is 0.379 e. The number of benzene rings is 1. The molecule has 2 aromatic rings. The minimum Gasteiger partial charge on any atom is -0.379 e. The van der Waals surface area contributed by atoms with Gasteiger partial charge in [0.15, 0.2) is 0 Å². The van der Waals surface area contributed by atoms with Crippen LogP contribution in [0.25, 0.3) is 10.9 Å². The standard InChI is InChI=1S/C19H28N4O/c1-2-7-19(8-3-1,23-9-11-24-12-10-23)15-20-13-16-5-4-6-17-14-21-22-18(16)17/h4-6,14,20H,1-3,7-13,15H2,(H,21,22). The normalized spacial score (nSPS) is 22.0. The Morgan fingerprint density at radius 1 is 1.17 bits per heavy atom. The van der Waals surface area contributed by atoms with Gasteiger partial charge in [0, 0.05) is 37.1 Å². The lowest BCUT2D eigenvalue weighted by Gasteiger charge is -2.48. The van der Waals surface area contributed by atoms with Crippen molar-refractivity contribution in [2.24, 2.45) is 0 Å². The Morgan fingerprint density at radius 3 is 2.83 bits per heavy atom. The Kier molecular flexibility index (Phi) is 4.83. The number of hydrogen-bond acceptors (Lipinski definition) is 4. The van der Waals surface area contributed by atoms with Crippen molar-refractivity contribution in [2.45, 2.75) is 44.2 Å². The van der Waals surface area contributed by atoms with Gasteiger partial charge in [0.05, 0.1) is 24.9 Å². The molecule has 1 aromatic carbocycles. The van der Waals surface area contributed by atoms with E-state index >= 15 is 0 Å². The van der Waals surface area contributed by atoms with Gasteiger partial charge < -0.3 is 10.1 Å². The molecule has 2 heterocycles. The third-order valence-electron chi connectivity index (χ3n) is 5.80. The number of nitrogens with zero attached hydrogens (tertiary/aromatic N) is 2. The second kappa shape index (κ2) is 7.21. The first-order valence-corrected chi connectivity index (χ1v) is 9.32. The highest BCUT2D eigenvalue weighted by Crippen LogP contribution is 2.34. The molecule has 2 N–H and O–H groups in total. The first kappa shape index (κ1) is 16.1. The Hall–Kier alpha value is -1.43. The summed E-state index contributed by atoms with van der Waals surface area (Å²) in [5, 5.41) is 12.3. The predicted octanol–water partition coefficient (Wildman–Crippen LogP) is 2.69. The van der Waals surface area contributed by atoms with E-state index in [-0.39, 0.29) is 0 Å². The highest BCUT2D eigenvalue weighted by molar-refractivity contribution is 5.81. The molecule has 0 bridgehead atoms. The van der Waals surface area contributed by atoms with Crippen LogP contribution in [-0.4, -0.2) is 53.5 Å². The van der Waals surface area contributed by atoms with Gasteiger partial charge in [-0.1, -0.05) is 37.5 Å². The third kappa shape index (κ3) is 3.21. The van der Waals surface area contributed by atoms with Gasteiger partial charge >= 0.3 is 0 Å². The number of fused-ring (bicyclic) bond motifs is 1. The molecule has 130 valence electrons. The molecular weight excluding hydrogens is 300 g/mol. The smallest absolute Gasteiger partial charge is 0.0695 e. The zero-order chi connectivity index (χ0) is 16.2. The summed E-state index contributed by atoms with van der Waals surface area (Å²) in [6.07, 6.45) is 8.63. The second-order valence-corrected chi connectivity index (χ2v) is 7.24. The van der Waals surface area contributed by atoms with Crippen molar-refractivity contribution in [1.29, 1.82) is 0 Å². The highest BCUT2D eigenvalue weighted by atomic mass is 16.5. The van der Waals surface area contributed by atoms with Gasteiger partial charge in [-0.3, -0.25) is 10.00 Å². The Bertz CT molecular complexity index is 656. The summed E-state index contributed by atoms with van der Waals surface area (Å²) >= 11 is 0. The number of H-pyrrole nitrogens is 1. The summed E-state index contributed by atoms with van der Waals surface area (Å²) in [6, 6.07) is 6.42. The SMILES string of the molecule is c1cc(CNCC2(N3CCOCC3)CCCCC2)c2[nH]ncc2c1. The van der Waals surface area contributed by atoms with Crippen LogP contribution in [0.15, 0.2) is 24.4 Å². The third-order valence-corrected chi connectivity index (χ3v) is 5.80. The first-order valence-electron chi connectivity index (χ1n) is 9.32. The van der Waals surface area contributed by atoms with Crippen LogP contribution in [-0.2, 0) is 11.3 Å². The van der Waals surface area contributed by atoms with Gasteiger partial charge in [-0.05, 0) is 18.4 Å². The number of aromatic amines is 1. The van der Waals surface area contributed by atoms with Gasteiger partial charge in [-0.2, -0.15) is 5.10 Å². The van der Waals surface area contributed by atoms with Crippen molar-refractivity contribution in [2.75, 3.05) is 32.8 Å². The molecule has 0 atom stereocenters. The maximum Gasteiger partial charge on any atom is 0.0695 e. The molecule has 24 heavy (non-hydrogen) atoms. The van der Waals surface area contributed by atoms with E-state index in [2.05, 4.69) is 38.6 Å². The molecular formula is C19H28N4O. The Morgan fingerprint density at radius 2 is 2.00 bits per heavy atom. The average molecular weight is 328 g/mol. The van der Waals surface area contributed by atoms with E-state index in [1.165, 1.54) is 43.1 Å². The Balaban J connectivity index is 1.44. The number of rotatable bonds is 5. The fourth-order valence-corrected chi connectivity index (χ4v) is 4.46. The molecule has 1 saturated heterocycles. The van der Waals surface area contributed by atoms with Crippen molar-refractivity contribution in [3.05, 3.63) is 30.0 Å². The number of ether oxygens (including phenoxy) is 1. The van der Waals surface area contributed by atoms with Crippen molar-refractivity contribution in [3.63, 3.8) is 0 Å². The van der Waals surface area contributed by atoms with Gasteiger partial charge in [0.1, 0.15) is 0 Å². The van der Waals surface area contributed by atoms with E-state index in [1.54, 1.807) is 0 Å². The maximum atomic E-state index is 5.58. The van der Waals surface area contributed by atoms with Gasteiger partial charge in [0.2, 0.25) is 0 Å². The summed E-state index contributed by atoms with van der Waals surface area (Å²) in [5.74, 6) is 0. The van der Waals surface area contributed by atoms with Gasteiger partial charge in [-0.25, -0.2) is 0 Å². The number of para-hydroxylation sites is 1. The lowest BCUT2D eigenvalue weighted by atomic mass is 9.79. The van der Waals surface area contributed by atoms with Crippen molar-refractivity contribution in [1.82, 2.24) is 20.4 Å². The molecule has 0 amide bonds. The van der Waals surface area contributed by atoms with E-state index in [0.29, 0.717) is 5.54 Å². The van der Waals surface area contributed by atoms with Gasteiger partial charge in [-0.15, -0.1) is 0 Å². The second-order valence-electron chi connectivity index (χ2n) is 7.24. The molecule has 0 unspecified atom stereocenters. The first-order chi connectivity index (χ1) is 11.9. The van der Waals surface area contributed by atoms with E-state index in [1.807, 2.05) is 6.20 Å². The van der Waals surface area contributed by atoms with Gasteiger partial charge in [0.25, 0.3) is 0 Å². The topological polar surface area (TPSA) is 53.2 Å². The molecule has 5 heteroatoms. The molecule has 0 spiro atoms. The van der Waals surface area contributed by atoms with Crippen molar-refractivity contribution in [3.8, 4) is 0 Å². The summed E-state index contributed by atoms with van der Waals surface area (Å²) in [4.78, 5) is 2.69. The summed E-state index contributed by atoms with van der Waals surface area (Å²) in [5.41, 5.74) is 2.79. The molecule has 4 rings (SSSR count).